The fourth-order valence-electron chi connectivity index (χ4n) is 1.07. The molecule has 7 heteroatoms. The fraction of sp³-hybridized carbons (Fsp3) is 0.700. The smallest absolute Gasteiger partial charge is 0.323 e. The summed E-state index contributed by atoms with van der Waals surface area (Å²) in [5, 5.41) is 12.3. The second kappa shape index (κ2) is 6.19. The number of hydrogen-bond donors (Lipinski definition) is 3. The molecule has 0 spiro atoms. The number of hydrogen-bond acceptors (Lipinski definition) is 7. The van der Waals surface area contributed by atoms with Gasteiger partial charge in [-0.05, 0) is 20.3 Å². The third kappa shape index (κ3) is 4.81. The van der Waals surface area contributed by atoms with E-state index < -0.39 is 6.10 Å². The minimum absolute atomic E-state index is 0.0362. The summed E-state index contributed by atoms with van der Waals surface area (Å²) in [6, 6.07) is 0.181. The molecule has 0 aliphatic carbocycles. The van der Waals surface area contributed by atoms with E-state index in [-0.39, 0.29) is 18.1 Å². The van der Waals surface area contributed by atoms with E-state index in [4.69, 9.17) is 10.5 Å². The van der Waals surface area contributed by atoms with Crippen molar-refractivity contribution < 1.29 is 9.84 Å². The molecule has 0 saturated heterocycles. The summed E-state index contributed by atoms with van der Waals surface area (Å²) in [5.74, 6) is 0.393. The van der Waals surface area contributed by atoms with Crippen molar-refractivity contribution >= 4 is 11.9 Å². The zero-order valence-electron chi connectivity index (χ0n) is 10.3. The van der Waals surface area contributed by atoms with E-state index in [9.17, 15) is 5.11 Å². The van der Waals surface area contributed by atoms with Crippen LogP contribution in [0.1, 0.15) is 27.2 Å². The normalized spacial score (nSPS) is 12.5. The van der Waals surface area contributed by atoms with Gasteiger partial charge < -0.3 is 20.9 Å². The Hall–Kier alpha value is -1.63. The Bertz CT molecular complexity index is 359. The van der Waals surface area contributed by atoms with Gasteiger partial charge in [0, 0.05) is 6.54 Å². The van der Waals surface area contributed by atoms with Crippen LogP contribution in [0.25, 0.3) is 0 Å². The first-order valence-corrected chi connectivity index (χ1v) is 5.61. The van der Waals surface area contributed by atoms with Crippen LogP contribution in [-0.2, 0) is 0 Å². The lowest BCUT2D eigenvalue weighted by Gasteiger charge is -2.11. The lowest BCUT2D eigenvalue weighted by molar-refractivity contribution is 0.183. The molecular formula is C10H19N5O2. The molecule has 4 N–H and O–H groups in total. The molecule has 0 fully saturated rings. The van der Waals surface area contributed by atoms with E-state index in [2.05, 4.69) is 20.3 Å². The van der Waals surface area contributed by atoms with Crippen LogP contribution in [0.2, 0.25) is 0 Å². The maximum absolute atomic E-state index is 9.41. The van der Waals surface area contributed by atoms with Crippen molar-refractivity contribution in [3.63, 3.8) is 0 Å². The number of aliphatic hydroxyl groups excluding tert-OH is 1. The number of nitrogens with zero attached hydrogens (tertiary/aromatic N) is 3. The third-order valence-electron chi connectivity index (χ3n) is 1.94. The van der Waals surface area contributed by atoms with E-state index in [1.807, 2.05) is 20.8 Å². The molecule has 1 unspecified atom stereocenters. The predicted octanol–water partition coefficient (Wildman–Crippen LogP) is 0.424. The third-order valence-corrected chi connectivity index (χ3v) is 1.94. The molecule has 0 saturated carbocycles. The molecule has 0 aliphatic heterocycles. The molecule has 0 aromatic carbocycles. The average Bonchev–Trinajstić information content (AvgIpc) is 2.24. The molecule has 17 heavy (non-hydrogen) atoms. The molecule has 1 heterocycles. The molecule has 1 atom stereocenters. The average molecular weight is 241 g/mol. The summed E-state index contributed by atoms with van der Waals surface area (Å²) in [6.07, 6.45) is 0.177. The van der Waals surface area contributed by atoms with Crippen molar-refractivity contribution in [1.29, 1.82) is 0 Å². The molecule has 1 rings (SSSR count). The van der Waals surface area contributed by atoms with Crippen molar-refractivity contribution in [3.05, 3.63) is 0 Å². The number of aromatic nitrogens is 3. The SMILES string of the molecule is CCC(O)CNc1nc(N)nc(OC(C)C)n1. The maximum atomic E-state index is 9.41. The second-order valence-electron chi connectivity index (χ2n) is 3.91. The number of nitrogens with one attached hydrogen (secondary N) is 1. The lowest BCUT2D eigenvalue weighted by atomic mass is 10.3. The van der Waals surface area contributed by atoms with Crippen LogP contribution in [-0.4, -0.2) is 38.8 Å². The van der Waals surface area contributed by atoms with Crippen molar-refractivity contribution in [1.82, 2.24) is 15.0 Å². The van der Waals surface area contributed by atoms with Gasteiger partial charge in [0.15, 0.2) is 0 Å². The minimum atomic E-state index is -0.442. The zero-order valence-corrected chi connectivity index (χ0v) is 10.3. The summed E-state index contributed by atoms with van der Waals surface area (Å²) in [4.78, 5) is 11.8. The number of anilines is 2. The lowest BCUT2D eigenvalue weighted by Crippen LogP contribution is -2.20. The van der Waals surface area contributed by atoms with Crippen LogP contribution in [0.3, 0.4) is 0 Å². The van der Waals surface area contributed by atoms with Gasteiger partial charge in [-0.3, -0.25) is 0 Å². The quantitative estimate of drug-likeness (QED) is 0.662. The highest BCUT2D eigenvalue weighted by Crippen LogP contribution is 2.10. The van der Waals surface area contributed by atoms with Gasteiger partial charge in [0.05, 0.1) is 12.2 Å². The Morgan fingerprint density at radius 1 is 1.35 bits per heavy atom. The zero-order chi connectivity index (χ0) is 12.8. The maximum Gasteiger partial charge on any atom is 0.323 e. The summed E-state index contributed by atoms with van der Waals surface area (Å²) in [5.41, 5.74) is 5.53. The molecule has 96 valence electrons. The van der Waals surface area contributed by atoms with E-state index >= 15 is 0 Å². The first-order chi connectivity index (χ1) is 8.01. The molecule has 0 aliphatic rings. The van der Waals surface area contributed by atoms with Crippen molar-refractivity contribution in [3.8, 4) is 6.01 Å². The molecule has 1 aromatic heterocycles. The van der Waals surface area contributed by atoms with Gasteiger partial charge in [-0.25, -0.2) is 0 Å². The largest absolute Gasteiger partial charge is 0.461 e. The molecule has 0 amide bonds. The van der Waals surface area contributed by atoms with Crippen molar-refractivity contribution in [2.45, 2.75) is 39.4 Å². The van der Waals surface area contributed by atoms with Crippen molar-refractivity contribution in [2.75, 3.05) is 17.6 Å². The molecule has 0 radical (unpaired) electrons. The highest BCUT2D eigenvalue weighted by molar-refractivity contribution is 5.32. The second-order valence-corrected chi connectivity index (χ2v) is 3.91. The predicted molar refractivity (Wildman–Crippen MR) is 64.8 cm³/mol. The van der Waals surface area contributed by atoms with Crippen molar-refractivity contribution in [2.24, 2.45) is 0 Å². The van der Waals surface area contributed by atoms with Crippen LogP contribution in [0.4, 0.5) is 11.9 Å². The van der Waals surface area contributed by atoms with Crippen LogP contribution >= 0.6 is 0 Å². The monoisotopic (exact) mass is 241 g/mol. The van der Waals surface area contributed by atoms with Gasteiger partial charge in [0.25, 0.3) is 0 Å². The Kier molecular flexibility index (Phi) is 4.89. The van der Waals surface area contributed by atoms with Gasteiger partial charge in [-0.2, -0.15) is 15.0 Å². The number of nitrogen functional groups attached to an aromatic ring is 1. The van der Waals surface area contributed by atoms with Crippen LogP contribution in [0.5, 0.6) is 6.01 Å². The van der Waals surface area contributed by atoms with E-state index in [1.165, 1.54) is 0 Å². The van der Waals surface area contributed by atoms with Gasteiger partial charge in [-0.1, -0.05) is 6.92 Å². The first kappa shape index (κ1) is 13.4. The summed E-state index contributed by atoms with van der Waals surface area (Å²) in [7, 11) is 0. The Morgan fingerprint density at radius 3 is 2.65 bits per heavy atom. The van der Waals surface area contributed by atoms with E-state index in [0.717, 1.165) is 0 Å². The summed E-state index contributed by atoms with van der Waals surface area (Å²) in [6.45, 7) is 5.99. The summed E-state index contributed by atoms with van der Waals surface area (Å²) >= 11 is 0. The Morgan fingerprint density at radius 2 is 2.06 bits per heavy atom. The standard InChI is InChI=1S/C10H19N5O2/c1-4-7(16)5-12-9-13-8(11)14-10(15-9)17-6(2)3/h6-7,16H,4-5H2,1-3H3,(H3,11,12,13,14,15). The van der Waals surface area contributed by atoms with E-state index in [1.54, 1.807) is 0 Å². The number of ether oxygens (including phenoxy) is 1. The van der Waals surface area contributed by atoms with Crippen LogP contribution < -0.4 is 15.8 Å². The highest BCUT2D eigenvalue weighted by Gasteiger charge is 2.08. The molecule has 0 bridgehead atoms. The molecule has 1 aromatic rings. The van der Waals surface area contributed by atoms with Gasteiger partial charge in [0.1, 0.15) is 0 Å². The van der Waals surface area contributed by atoms with Gasteiger partial charge >= 0.3 is 6.01 Å². The first-order valence-electron chi connectivity index (χ1n) is 5.61. The van der Waals surface area contributed by atoms with Crippen LogP contribution in [0, 0.1) is 0 Å². The minimum Gasteiger partial charge on any atom is -0.461 e. The Balaban J connectivity index is 2.68. The highest BCUT2D eigenvalue weighted by atomic mass is 16.5. The fourth-order valence-corrected chi connectivity index (χ4v) is 1.07. The van der Waals surface area contributed by atoms with E-state index in [0.29, 0.717) is 18.9 Å². The topological polar surface area (TPSA) is 106 Å². The van der Waals surface area contributed by atoms with Crippen LogP contribution in [0.15, 0.2) is 0 Å². The van der Waals surface area contributed by atoms with Gasteiger partial charge in [-0.15, -0.1) is 0 Å². The number of nitrogens with two attached hydrogens (primary N) is 1. The van der Waals surface area contributed by atoms with Gasteiger partial charge in [0.2, 0.25) is 11.9 Å². The summed E-state index contributed by atoms with van der Waals surface area (Å²) < 4.78 is 5.32. The number of aliphatic hydroxyl groups is 1. The Labute approximate surface area is 100 Å². The molecule has 7 nitrogen and oxygen atoms in total. The molecular weight excluding hydrogens is 222 g/mol. The number of rotatable bonds is 6.